The average molecular weight is 539 g/mol. The molecule has 0 saturated carbocycles. The van der Waals surface area contributed by atoms with Gasteiger partial charge in [-0.2, -0.15) is 0 Å². The van der Waals surface area contributed by atoms with Crippen molar-refractivity contribution >= 4 is 5.57 Å². The molecular weight excluding hydrogens is 508 g/mol. The Hall–Kier alpha value is -5.60. The molecule has 6 rings (SSSR count). The quantitative estimate of drug-likeness (QED) is 0.180. The van der Waals surface area contributed by atoms with Gasteiger partial charge in [0.05, 0.1) is 22.8 Å². The Morgan fingerprint density at radius 2 is 0.857 bits per heavy atom. The lowest BCUT2D eigenvalue weighted by Crippen LogP contribution is -1.94. The van der Waals surface area contributed by atoms with Crippen molar-refractivity contribution in [3.05, 3.63) is 177 Å². The highest BCUT2D eigenvalue weighted by atomic mass is 14.7. The number of hydrogen-bond donors (Lipinski definition) is 0. The van der Waals surface area contributed by atoms with E-state index in [4.69, 9.17) is 9.97 Å². The Bertz CT molecular complexity index is 1830. The van der Waals surface area contributed by atoms with Crippen LogP contribution >= 0.6 is 0 Å². The van der Waals surface area contributed by atoms with Crippen LogP contribution in [0.2, 0.25) is 0 Å². The lowest BCUT2D eigenvalue weighted by Gasteiger charge is -2.13. The van der Waals surface area contributed by atoms with Gasteiger partial charge in [0.1, 0.15) is 0 Å². The van der Waals surface area contributed by atoms with Crippen LogP contribution in [0.15, 0.2) is 171 Å². The summed E-state index contributed by atoms with van der Waals surface area (Å²) in [5.41, 5.74) is 12.2. The zero-order valence-corrected chi connectivity index (χ0v) is 23.3. The van der Waals surface area contributed by atoms with Crippen LogP contribution in [0.5, 0.6) is 0 Å². The summed E-state index contributed by atoms with van der Waals surface area (Å²) in [6, 6.07) is 48.3. The minimum Gasteiger partial charge on any atom is -0.248 e. The number of pyridine rings is 2. The predicted octanol–water partition coefficient (Wildman–Crippen LogP) is 10.6. The van der Waals surface area contributed by atoms with Crippen molar-refractivity contribution < 1.29 is 0 Å². The van der Waals surface area contributed by atoms with Gasteiger partial charge in [0, 0.05) is 16.7 Å². The zero-order valence-electron chi connectivity index (χ0n) is 23.3. The topological polar surface area (TPSA) is 25.8 Å². The SMILES string of the molecule is C=C/C=C(\C=C)c1cc(-c2cccc(-c3cc(-c4ccccc4)nc(-c4ccccc4)c3)c2)cc(-c2ccccc2)n1. The third kappa shape index (κ3) is 5.79. The molecule has 42 heavy (non-hydrogen) atoms. The minimum atomic E-state index is 0.855. The number of aromatic nitrogens is 2. The fraction of sp³-hybridized carbons (Fsp3) is 0. The van der Waals surface area contributed by atoms with E-state index in [9.17, 15) is 0 Å². The molecule has 0 amide bonds. The average Bonchev–Trinajstić information content (AvgIpc) is 3.08. The summed E-state index contributed by atoms with van der Waals surface area (Å²) >= 11 is 0. The second-order valence-electron chi connectivity index (χ2n) is 9.99. The molecule has 0 aliphatic heterocycles. The van der Waals surface area contributed by atoms with Gasteiger partial charge < -0.3 is 0 Å². The Morgan fingerprint density at radius 1 is 0.429 bits per heavy atom. The second-order valence-corrected chi connectivity index (χ2v) is 9.99. The fourth-order valence-electron chi connectivity index (χ4n) is 5.08. The molecule has 0 N–H and O–H groups in total. The number of benzene rings is 4. The van der Waals surface area contributed by atoms with E-state index < -0.39 is 0 Å². The lowest BCUT2D eigenvalue weighted by molar-refractivity contribution is 1.28. The molecule has 0 unspecified atom stereocenters. The van der Waals surface area contributed by atoms with E-state index in [1.165, 1.54) is 0 Å². The molecule has 2 heterocycles. The van der Waals surface area contributed by atoms with Gasteiger partial charge in [0.15, 0.2) is 0 Å². The summed E-state index contributed by atoms with van der Waals surface area (Å²) in [7, 11) is 0. The van der Waals surface area contributed by atoms with E-state index >= 15 is 0 Å². The van der Waals surface area contributed by atoms with Crippen molar-refractivity contribution in [2.45, 2.75) is 0 Å². The van der Waals surface area contributed by atoms with Crippen LogP contribution < -0.4 is 0 Å². The van der Waals surface area contributed by atoms with Crippen LogP contribution in [-0.4, -0.2) is 9.97 Å². The molecule has 0 saturated heterocycles. The smallest absolute Gasteiger partial charge is 0.0715 e. The molecule has 0 bridgehead atoms. The van der Waals surface area contributed by atoms with Gasteiger partial charge >= 0.3 is 0 Å². The first-order chi connectivity index (χ1) is 20.7. The van der Waals surface area contributed by atoms with Crippen molar-refractivity contribution in [1.29, 1.82) is 0 Å². The summed E-state index contributed by atoms with van der Waals surface area (Å²) < 4.78 is 0. The molecule has 2 nitrogen and oxygen atoms in total. The molecule has 200 valence electrons. The lowest BCUT2D eigenvalue weighted by atomic mass is 9.95. The van der Waals surface area contributed by atoms with E-state index in [0.29, 0.717) is 0 Å². The first kappa shape index (κ1) is 26.6. The normalized spacial score (nSPS) is 11.2. The number of allylic oxidation sites excluding steroid dienone is 4. The molecule has 4 aromatic carbocycles. The first-order valence-corrected chi connectivity index (χ1v) is 14.0. The molecule has 2 aromatic heterocycles. The van der Waals surface area contributed by atoms with E-state index in [2.05, 4.69) is 122 Å². The first-order valence-electron chi connectivity index (χ1n) is 14.0. The highest BCUT2D eigenvalue weighted by Crippen LogP contribution is 2.34. The van der Waals surface area contributed by atoms with Crippen LogP contribution in [-0.2, 0) is 0 Å². The molecule has 2 heteroatoms. The monoisotopic (exact) mass is 538 g/mol. The van der Waals surface area contributed by atoms with Gasteiger partial charge in [0.25, 0.3) is 0 Å². The molecule has 0 spiro atoms. The van der Waals surface area contributed by atoms with Crippen molar-refractivity contribution in [1.82, 2.24) is 9.97 Å². The Kier molecular flexibility index (Phi) is 7.78. The maximum Gasteiger partial charge on any atom is 0.0715 e. The fourth-order valence-corrected chi connectivity index (χ4v) is 5.08. The van der Waals surface area contributed by atoms with Crippen LogP contribution in [0.1, 0.15) is 5.69 Å². The van der Waals surface area contributed by atoms with E-state index in [1.807, 2.05) is 42.5 Å². The molecule has 0 aliphatic rings. The predicted molar refractivity (Wildman–Crippen MR) is 178 cm³/mol. The Labute approximate surface area is 247 Å². The zero-order chi connectivity index (χ0) is 28.7. The van der Waals surface area contributed by atoms with Gasteiger partial charge in [-0.3, -0.25) is 0 Å². The maximum atomic E-state index is 5.05. The molecule has 0 atom stereocenters. The molecule has 0 aliphatic carbocycles. The third-order valence-corrected chi connectivity index (χ3v) is 7.20. The van der Waals surface area contributed by atoms with Crippen LogP contribution in [0.3, 0.4) is 0 Å². The Balaban J connectivity index is 1.50. The minimum absolute atomic E-state index is 0.855. The van der Waals surface area contributed by atoms with Gasteiger partial charge in [-0.1, -0.05) is 141 Å². The van der Waals surface area contributed by atoms with E-state index in [1.54, 1.807) is 6.08 Å². The summed E-state index contributed by atoms with van der Waals surface area (Å²) in [5.74, 6) is 0. The van der Waals surface area contributed by atoms with E-state index in [0.717, 1.165) is 67.3 Å². The number of rotatable bonds is 8. The van der Waals surface area contributed by atoms with Crippen LogP contribution in [0.25, 0.3) is 61.6 Å². The van der Waals surface area contributed by atoms with Crippen molar-refractivity contribution in [3.63, 3.8) is 0 Å². The second kappa shape index (κ2) is 12.3. The van der Waals surface area contributed by atoms with Gasteiger partial charge in [0.2, 0.25) is 0 Å². The Morgan fingerprint density at radius 3 is 1.31 bits per heavy atom. The van der Waals surface area contributed by atoms with Crippen LogP contribution in [0.4, 0.5) is 0 Å². The number of nitrogens with zero attached hydrogens (tertiary/aromatic N) is 2. The third-order valence-electron chi connectivity index (χ3n) is 7.20. The molecule has 6 aromatic rings. The molecule has 0 radical (unpaired) electrons. The van der Waals surface area contributed by atoms with Crippen LogP contribution in [0, 0.1) is 0 Å². The standard InChI is InChI=1S/C40H30N2/c1-3-15-29(4-2)37-25-35(26-38(41-37)30-16-8-5-9-17-30)33-22-14-23-34(24-33)36-27-39(31-18-10-6-11-19-31)42-40(28-36)32-20-12-7-13-21-32/h3-28H,1-2H2/b29-15+. The maximum absolute atomic E-state index is 5.05. The largest absolute Gasteiger partial charge is 0.248 e. The van der Waals surface area contributed by atoms with Crippen molar-refractivity contribution in [2.75, 3.05) is 0 Å². The van der Waals surface area contributed by atoms with Gasteiger partial charge in [-0.25, -0.2) is 9.97 Å². The summed E-state index contributed by atoms with van der Waals surface area (Å²) in [6.07, 6.45) is 5.54. The van der Waals surface area contributed by atoms with Gasteiger partial charge in [-0.15, -0.1) is 0 Å². The molecule has 0 fully saturated rings. The number of hydrogen-bond acceptors (Lipinski definition) is 2. The van der Waals surface area contributed by atoms with Gasteiger partial charge in [-0.05, 0) is 58.2 Å². The van der Waals surface area contributed by atoms with Crippen molar-refractivity contribution in [3.8, 4) is 56.0 Å². The summed E-state index contributed by atoms with van der Waals surface area (Å²) in [5, 5.41) is 0. The highest BCUT2D eigenvalue weighted by molar-refractivity contribution is 5.83. The summed E-state index contributed by atoms with van der Waals surface area (Å²) in [4.78, 5) is 10.0. The summed E-state index contributed by atoms with van der Waals surface area (Å²) in [6.45, 7) is 7.90. The van der Waals surface area contributed by atoms with Crippen molar-refractivity contribution in [2.24, 2.45) is 0 Å². The highest BCUT2D eigenvalue weighted by Gasteiger charge is 2.12. The molecular formula is C40H30N2. The van der Waals surface area contributed by atoms with E-state index in [-0.39, 0.29) is 0 Å².